The van der Waals surface area contributed by atoms with Crippen LogP contribution in [0.25, 0.3) is 0 Å². The van der Waals surface area contributed by atoms with Crippen molar-refractivity contribution in [2.24, 2.45) is 11.8 Å². The summed E-state index contributed by atoms with van der Waals surface area (Å²) in [6, 6.07) is 0. The maximum absolute atomic E-state index is 3.66. The lowest BCUT2D eigenvalue weighted by molar-refractivity contribution is 0.278. The van der Waals surface area contributed by atoms with E-state index in [1.807, 2.05) is 0 Å². The van der Waals surface area contributed by atoms with Gasteiger partial charge in [0.15, 0.2) is 0 Å². The highest BCUT2D eigenvalue weighted by molar-refractivity contribution is 4.71. The van der Waals surface area contributed by atoms with E-state index in [0.29, 0.717) is 0 Å². The average molecular weight is 238 g/mol. The van der Waals surface area contributed by atoms with Gasteiger partial charge in [0.25, 0.3) is 0 Å². The van der Waals surface area contributed by atoms with Crippen molar-refractivity contribution in [3.05, 3.63) is 0 Å². The van der Waals surface area contributed by atoms with Gasteiger partial charge in [0.1, 0.15) is 0 Å². The zero-order chi connectivity index (χ0) is 11.9. The summed E-state index contributed by atoms with van der Waals surface area (Å²) in [6.07, 6.45) is 10.1. The third-order valence-corrected chi connectivity index (χ3v) is 4.62. The molecule has 0 aromatic heterocycles. The monoisotopic (exact) mass is 238 g/mol. The molecule has 0 spiro atoms. The molecule has 1 saturated carbocycles. The van der Waals surface area contributed by atoms with Crippen molar-refractivity contribution in [2.75, 3.05) is 32.7 Å². The highest BCUT2D eigenvalue weighted by Crippen LogP contribution is 2.23. The van der Waals surface area contributed by atoms with Crippen molar-refractivity contribution in [1.82, 2.24) is 10.2 Å². The predicted molar refractivity (Wildman–Crippen MR) is 74.3 cm³/mol. The first-order chi connectivity index (χ1) is 8.34. The molecule has 2 fully saturated rings. The van der Waals surface area contributed by atoms with Crippen molar-refractivity contribution in [1.29, 1.82) is 0 Å². The van der Waals surface area contributed by atoms with Gasteiger partial charge in [0.05, 0.1) is 0 Å². The lowest BCUT2D eigenvalue weighted by Crippen LogP contribution is -2.34. The lowest BCUT2D eigenvalue weighted by atomic mass is 10.0. The van der Waals surface area contributed by atoms with Crippen LogP contribution in [0.15, 0.2) is 0 Å². The van der Waals surface area contributed by atoms with E-state index in [9.17, 15) is 0 Å². The van der Waals surface area contributed by atoms with E-state index >= 15 is 0 Å². The summed E-state index contributed by atoms with van der Waals surface area (Å²) >= 11 is 0. The maximum Gasteiger partial charge on any atom is 0.0107 e. The third kappa shape index (κ3) is 4.97. The standard InChI is InChI=1S/C15H30N2/c1-14-5-4-10-17(11-8-14)12-9-16-13-15-6-2-3-7-15/h14-16H,2-13H2,1H3. The zero-order valence-electron chi connectivity index (χ0n) is 11.6. The van der Waals surface area contributed by atoms with Crippen LogP contribution in [-0.2, 0) is 0 Å². The van der Waals surface area contributed by atoms with Crippen LogP contribution in [0.2, 0.25) is 0 Å². The molecule has 1 unspecified atom stereocenters. The normalized spacial score (nSPS) is 28.4. The van der Waals surface area contributed by atoms with Gasteiger partial charge in [-0.05, 0) is 63.6 Å². The fourth-order valence-corrected chi connectivity index (χ4v) is 3.30. The smallest absolute Gasteiger partial charge is 0.0107 e. The van der Waals surface area contributed by atoms with Crippen LogP contribution >= 0.6 is 0 Å². The SMILES string of the molecule is CC1CCCN(CCNCC2CCCC2)CC1. The Morgan fingerprint density at radius 2 is 1.82 bits per heavy atom. The summed E-state index contributed by atoms with van der Waals surface area (Å²) in [5, 5.41) is 3.66. The highest BCUT2D eigenvalue weighted by atomic mass is 15.1. The minimum absolute atomic E-state index is 0.950. The van der Waals surface area contributed by atoms with Gasteiger partial charge >= 0.3 is 0 Å². The number of hydrogen-bond acceptors (Lipinski definition) is 2. The number of rotatable bonds is 5. The number of nitrogens with zero attached hydrogens (tertiary/aromatic N) is 1. The number of nitrogens with one attached hydrogen (secondary N) is 1. The van der Waals surface area contributed by atoms with Crippen molar-refractivity contribution < 1.29 is 0 Å². The summed E-state index contributed by atoms with van der Waals surface area (Å²) in [4.78, 5) is 2.66. The molecular formula is C15H30N2. The minimum atomic E-state index is 0.950. The van der Waals surface area contributed by atoms with E-state index in [1.54, 1.807) is 0 Å². The topological polar surface area (TPSA) is 15.3 Å². The van der Waals surface area contributed by atoms with E-state index in [-0.39, 0.29) is 0 Å². The first-order valence-electron chi connectivity index (χ1n) is 7.77. The first kappa shape index (κ1) is 13.4. The summed E-state index contributed by atoms with van der Waals surface area (Å²) in [6.45, 7) is 8.79. The van der Waals surface area contributed by atoms with Gasteiger partial charge in [0, 0.05) is 13.1 Å². The summed E-state index contributed by atoms with van der Waals surface area (Å²) < 4.78 is 0. The Labute approximate surface area is 107 Å². The summed E-state index contributed by atoms with van der Waals surface area (Å²) in [5.74, 6) is 1.94. The van der Waals surface area contributed by atoms with Crippen LogP contribution in [0, 0.1) is 11.8 Å². The molecule has 0 aromatic rings. The molecule has 0 bridgehead atoms. The van der Waals surface area contributed by atoms with E-state index in [4.69, 9.17) is 0 Å². The van der Waals surface area contributed by atoms with Crippen molar-refractivity contribution in [3.8, 4) is 0 Å². The van der Waals surface area contributed by atoms with Gasteiger partial charge in [-0.2, -0.15) is 0 Å². The molecule has 1 atom stereocenters. The van der Waals surface area contributed by atoms with Crippen LogP contribution in [0.1, 0.15) is 51.9 Å². The van der Waals surface area contributed by atoms with E-state index in [0.717, 1.165) is 11.8 Å². The lowest BCUT2D eigenvalue weighted by Gasteiger charge is -2.20. The molecule has 1 aliphatic carbocycles. The van der Waals surface area contributed by atoms with Gasteiger partial charge in [0.2, 0.25) is 0 Å². The molecule has 1 saturated heterocycles. The van der Waals surface area contributed by atoms with Crippen molar-refractivity contribution in [3.63, 3.8) is 0 Å². The molecule has 1 aliphatic heterocycles. The molecule has 0 radical (unpaired) electrons. The van der Waals surface area contributed by atoms with Crippen LogP contribution in [-0.4, -0.2) is 37.6 Å². The molecular weight excluding hydrogens is 208 g/mol. The molecule has 2 rings (SSSR count). The Hall–Kier alpha value is -0.0800. The molecule has 2 heteroatoms. The Balaban J connectivity index is 1.52. The first-order valence-corrected chi connectivity index (χ1v) is 7.77. The van der Waals surface area contributed by atoms with E-state index in [2.05, 4.69) is 17.1 Å². The highest BCUT2D eigenvalue weighted by Gasteiger charge is 2.15. The van der Waals surface area contributed by atoms with E-state index < -0.39 is 0 Å². The Kier molecular flexibility index (Phi) is 5.79. The predicted octanol–water partition coefficient (Wildman–Crippen LogP) is 2.89. The quantitative estimate of drug-likeness (QED) is 0.741. The molecule has 1 heterocycles. The van der Waals surface area contributed by atoms with Crippen LogP contribution in [0.3, 0.4) is 0 Å². The Morgan fingerprint density at radius 1 is 1.00 bits per heavy atom. The zero-order valence-corrected chi connectivity index (χ0v) is 11.6. The summed E-state index contributed by atoms with van der Waals surface area (Å²) in [5.41, 5.74) is 0. The summed E-state index contributed by atoms with van der Waals surface area (Å²) in [7, 11) is 0. The fourth-order valence-electron chi connectivity index (χ4n) is 3.30. The molecule has 17 heavy (non-hydrogen) atoms. The molecule has 0 aromatic carbocycles. The maximum atomic E-state index is 3.66. The number of hydrogen-bond donors (Lipinski definition) is 1. The second kappa shape index (κ2) is 7.38. The second-order valence-corrected chi connectivity index (χ2v) is 6.23. The van der Waals surface area contributed by atoms with Gasteiger partial charge in [-0.1, -0.05) is 19.8 Å². The van der Waals surface area contributed by atoms with Crippen LogP contribution < -0.4 is 5.32 Å². The minimum Gasteiger partial charge on any atom is -0.315 e. The average Bonchev–Trinajstić information content (AvgIpc) is 2.75. The van der Waals surface area contributed by atoms with Gasteiger partial charge < -0.3 is 10.2 Å². The van der Waals surface area contributed by atoms with Gasteiger partial charge in [-0.25, -0.2) is 0 Å². The molecule has 0 amide bonds. The number of likely N-dealkylation sites (tertiary alicyclic amines) is 1. The van der Waals surface area contributed by atoms with Crippen molar-refractivity contribution >= 4 is 0 Å². The second-order valence-electron chi connectivity index (χ2n) is 6.23. The molecule has 1 N–H and O–H groups in total. The largest absolute Gasteiger partial charge is 0.315 e. The molecule has 2 nitrogen and oxygen atoms in total. The fraction of sp³-hybridized carbons (Fsp3) is 1.00. The van der Waals surface area contributed by atoms with Gasteiger partial charge in [-0.15, -0.1) is 0 Å². The van der Waals surface area contributed by atoms with Crippen molar-refractivity contribution in [2.45, 2.75) is 51.9 Å². The Morgan fingerprint density at radius 3 is 2.65 bits per heavy atom. The van der Waals surface area contributed by atoms with E-state index in [1.165, 1.54) is 77.7 Å². The third-order valence-electron chi connectivity index (χ3n) is 4.62. The van der Waals surface area contributed by atoms with Crippen LogP contribution in [0.5, 0.6) is 0 Å². The van der Waals surface area contributed by atoms with Crippen LogP contribution in [0.4, 0.5) is 0 Å². The molecule has 2 aliphatic rings. The molecule has 100 valence electrons. The van der Waals surface area contributed by atoms with Gasteiger partial charge in [-0.3, -0.25) is 0 Å². The Bertz CT molecular complexity index is 199.